The van der Waals surface area contributed by atoms with Gasteiger partial charge in [0.2, 0.25) is 10.0 Å². The SMILES string of the molecule is CC1CC(C(=O)O)CN(S(=O)(=O)Cc2ccccc2Cl)C1. The van der Waals surface area contributed by atoms with Gasteiger partial charge < -0.3 is 5.11 Å². The van der Waals surface area contributed by atoms with Gasteiger partial charge >= 0.3 is 5.97 Å². The number of rotatable bonds is 4. The molecule has 116 valence electrons. The van der Waals surface area contributed by atoms with Crippen LogP contribution >= 0.6 is 11.6 Å². The Hall–Kier alpha value is -1.11. The van der Waals surface area contributed by atoms with E-state index < -0.39 is 21.9 Å². The van der Waals surface area contributed by atoms with Gasteiger partial charge in [0.25, 0.3) is 0 Å². The van der Waals surface area contributed by atoms with E-state index in [2.05, 4.69) is 0 Å². The number of piperidine rings is 1. The normalized spacial score (nSPS) is 23.9. The maximum Gasteiger partial charge on any atom is 0.307 e. The topological polar surface area (TPSA) is 74.7 Å². The molecule has 2 unspecified atom stereocenters. The van der Waals surface area contributed by atoms with E-state index in [9.17, 15) is 13.2 Å². The summed E-state index contributed by atoms with van der Waals surface area (Å²) in [5.41, 5.74) is 0.532. The first kappa shape index (κ1) is 16.3. The zero-order valence-electron chi connectivity index (χ0n) is 11.7. The van der Waals surface area contributed by atoms with Crippen LogP contribution in [0.25, 0.3) is 0 Å². The van der Waals surface area contributed by atoms with Gasteiger partial charge in [-0.1, -0.05) is 36.7 Å². The maximum atomic E-state index is 12.5. The molecule has 1 aromatic rings. The van der Waals surface area contributed by atoms with E-state index in [0.717, 1.165) is 0 Å². The number of halogens is 1. The molecule has 1 saturated heterocycles. The van der Waals surface area contributed by atoms with E-state index in [1.807, 2.05) is 6.92 Å². The Morgan fingerprint density at radius 1 is 1.38 bits per heavy atom. The quantitative estimate of drug-likeness (QED) is 0.918. The number of nitrogens with zero attached hydrogens (tertiary/aromatic N) is 1. The maximum absolute atomic E-state index is 12.5. The minimum atomic E-state index is -3.57. The average molecular weight is 332 g/mol. The first-order valence-electron chi connectivity index (χ1n) is 6.73. The van der Waals surface area contributed by atoms with Crippen molar-refractivity contribution in [2.75, 3.05) is 13.1 Å². The second kappa shape index (κ2) is 6.34. The van der Waals surface area contributed by atoms with Crippen LogP contribution in [0.5, 0.6) is 0 Å². The molecule has 1 aromatic carbocycles. The first-order chi connectivity index (χ1) is 9.79. The van der Waals surface area contributed by atoms with E-state index in [-0.39, 0.29) is 18.2 Å². The van der Waals surface area contributed by atoms with E-state index in [0.29, 0.717) is 23.6 Å². The minimum absolute atomic E-state index is 0.0286. The van der Waals surface area contributed by atoms with Gasteiger partial charge in [-0.05, 0) is 24.0 Å². The second-order valence-electron chi connectivity index (χ2n) is 5.54. The molecule has 1 fully saturated rings. The predicted octanol–water partition coefficient (Wildman–Crippen LogP) is 2.21. The fourth-order valence-corrected chi connectivity index (χ4v) is 4.61. The van der Waals surface area contributed by atoms with E-state index >= 15 is 0 Å². The van der Waals surface area contributed by atoms with Crippen molar-refractivity contribution in [1.29, 1.82) is 0 Å². The number of carboxylic acids is 1. The molecule has 0 radical (unpaired) electrons. The third-order valence-corrected chi connectivity index (χ3v) is 5.79. The number of carboxylic acid groups (broad SMARTS) is 1. The van der Waals surface area contributed by atoms with Gasteiger partial charge in [0.15, 0.2) is 0 Å². The number of aliphatic carboxylic acids is 1. The molecule has 0 saturated carbocycles. The van der Waals surface area contributed by atoms with Crippen LogP contribution < -0.4 is 0 Å². The summed E-state index contributed by atoms with van der Waals surface area (Å²) in [6.07, 6.45) is 0.507. The van der Waals surface area contributed by atoms with Crippen molar-refractivity contribution in [2.45, 2.75) is 19.1 Å². The number of sulfonamides is 1. The summed E-state index contributed by atoms with van der Waals surface area (Å²) in [4.78, 5) is 11.1. The molecular formula is C14H18ClNO4S. The van der Waals surface area contributed by atoms with Gasteiger partial charge in [-0.3, -0.25) is 4.79 Å². The lowest BCUT2D eigenvalue weighted by Gasteiger charge is -2.33. The molecule has 1 aliphatic heterocycles. The van der Waals surface area contributed by atoms with Crippen LogP contribution in [-0.4, -0.2) is 36.9 Å². The molecule has 0 amide bonds. The zero-order chi connectivity index (χ0) is 15.6. The lowest BCUT2D eigenvalue weighted by Crippen LogP contribution is -2.45. The number of benzene rings is 1. The molecule has 1 heterocycles. The third kappa shape index (κ3) is 3.96. The van der Waals surface area contributed by atoms with Crippen molar-refractivity contribution in [3.8, 4) is 0 Å². The fraction of sp³-hybridized carbons (Fsp3) is 0.500. The third-order valence-electron chi connectivity index (χ3n) is 3.66. The molecule has 5 nitrogen and oxygen atoms in total. The highest BCUT2D eigenvalue weighted by atomic mass is 35.5. The van der Waals surface area contributed by atoms with E-state index in [1.54, 1.807) is 24.3 Å². The Balaban J connectivity index is 2.19. The van der Waals surface area contributed by atoms with Gasteiger partial charge in [-0.25, -0.2) is 12.7 Å². The first-order valence-corrected chi connectivity index (χ1v) is 8.72. The molecule has 2 rings (SSSR count). The minimum Gasteiger partial charge on any atom is -0.481 e. The van der Waals surface area contributed by atoms with Gasteiger partial charge in [0, 0.05) is 18.1 Å². The molecule has 0 spiro atoms. The lowest BCUT2D eigenvalue weighted by atomic mass is 9.92. The molecule has 1 N–H and O–H groups in total. The predicted molar refractivity (Wildman–Crippen MR) is 80.6 cm³/mol. The smallest absolute Gasteiger partial charge is 0.307 e. The summed E-state index contributed by atoms with van der Waals surface area (Å²) >= 11 is 6.00. The van der Waals surface area contributed by atoms with Gasteiger partial charge in [-0.2, -0.15) is 0 Å². The summed E-state index contributed by atoms with van der Waals surface area (Å²) in [5.74, 6) is -1.76. The van der Waals surface area contributed by atoms with Gasteiger partial charge in [-0.15, -0.1) is 0 Å². The van der Waals surface area contributed by atoms with Crippen LogP contribution in [0.3, 0.4) is 0 Å². The highest BCUT2D eigenvalue weighted by Crippen LogP contribution is 2.26. The van der Waals surface area contributed by atoms with Crippen LogP contribution in [-0.2, 0) is 20.6 Å². The van der Waals surface area contributed by atoms with Crippen molar-refractivity contribution in [2.24, 2.45) is 11.8 Å². The van der Waals surface area contributed by atoms with Crippen LogP contribution in [0.4, 0.5) is 0 Å². The number of carbonyl (C=O) groups is 1. The van der Waals surface area contributed by atoms with Crippen LogP contribution in [0.15, 0.2) is 24.3 Å². The monoisotopic (exact) mass is 331 g/mol. The highest BCUT2D eigenvalue weighted by molar-refractivity contribution is 7.88. The highest BCUT2D eigenvalue weighted by Gasteiger charge is 2.35. The second-order valence-corrected chi connectivity index (χ2v) is 7.92. The molecule has 1 aliphatic rings. The summed E-state index contributed by atoms with van der Waals surface area (Å²) in [6.45, 7) is 2.26. The summed E-state index contributed by atoms with van der Waals surface area (Å²) < 4.78 is 26.3. The van der Waals surface area contributed by atoms with Crippen molar-refractivity contribution >= 4 is 27.6 Å². The average Bonchev–Trinajstić information content (AvgIpc) is 2.40. The molecular weight excluding hydrogens is 314 g/mol. The summed E-state index contributed by atoms with van der Waals surface area (Å²) in [6, 6.07) is 6.78. The Bertz CT molecular complexity index is 632. The Morgan fingerprint density at radius 3 is 2.67 bits per heavy atom. The molecule has 0 bridgehead atoms. The van der Waals surface area contributed by atoms with Crippen LogP contribution in [0.1, 0.15) is 18.9 Å². The van der Waals surface area contributed by atoms with Crippen LogP contribution in [0, 0.1) is 11.8 Å². The lowest BCUT2D eigenvalue weighted by molar-refractivity contribution is -0.143. The molecule has 0 aromatic heterocycles. The standard InChI is InChI=1S/C14H18ClNO4S/c1-10-6-12(14(17)18)8-16(7-10)21(19,20)9-11-4-2-3-5-13(11)15/h2-5,10,12H,6-9H2,1H3,(H,17,18). The number of hydrogen-bond donors (Lipinski definition) is 1. The summed E-state index contributed by atoms with van der Waals surface area (Å²) in [5, 5.41) is 9.53. The molecule has 2 atom stereocenters. The van der Waals surface area contributed by atoms with Crippen molar-refractivity contribution in [3.05, 3.63) is 34.9 Å². The van der Waals surface area contributed by atoms with Crippen molar-refractivity contribution in [1.82, 2.24) is 4.31 Å². The number of hydrogen-bond acceptors (Lipinski definition) is 3. The summed E-state index contributed by atoms with van der Waals surface area (Å²) in [7, 11) is -3.57. The Morgan fingerprint density at radius 2 is 2.05 bits per heavy atom. The molecule has 21 heavy (non-hydrogen) atoms. The molecule has 0 aliphatic carbocycles. The van der Waals surface area contributed by atoms with Crippen molar-refractivity contribution in [3.63, 3.8) is 0 Å². The van der Waals surface area contributed by atoms with Gasteiger partial charge in [0.05, 0.1) is 11.7 Å². The zero-order valence-corrected chi connectivity index (χ0v) is 13.3. The fourth-order valence-electron chi connectivity index (χ4n) is 2.61. The van der Waals surface area contributed by atoms with E-state index in [4.69, 9.17) is 16.7 Å². The Kier molecular flexibility index (Phi) is 4.91. The largest absolute Gasteiger partial charge is 0.481 e. The van der Waals surface area contributed by atoms with Gasteiger partial charge in [0.1, 0.15) is 0 Å². The molecule has 7 heteroatoms. The van der Waals surface area contributed by atoms with Crippen molar-refractivity contribution < 1.29 is 18.3 Å². The van der Waals surface area contributed by atoms with E-state index in [1.165, 1.54) is 4.31 Å². The van der Waals surface area contributed by atoms with Crippen LogP contribution in [0.2, 0.25) is 5.02 Å². The Labute approximate surface area is 129 Å².